The number of likely N-dealkylation sites (tertiary alicyclic amines) is 1. The van der Waals surface area contributed by atoms with Crippen LogP contribution in [-0.2, 0) is 9.53 Å². The zero-order valence-electron chi connectivity index (χ0n) is 15.8. The second-order valence-electron chi connectivity index (χ2n) is 6.97. The Balaban J connectivity index is 1.67. The van der Waals surface area contributed by atoms with Gasteiger partial charge in [-0.1, -0.05) is 6.07 Å². The molecule has 0 radical (unpaired) electrons. The number of carbonyl (C=O) groups is 2. The minimum absolute atomic E-state index is 0.165. The number of ether oxygens (including phenoxy) is 1. The van der Waals surface area contributed by atoms with Gasteiger partial charge in [-0.15, -0.1) is 11.3 Å². The van der Waals surface area contributed by atoms with Crippen molar-refractivity contribution in [2.24, 2.45) is 5.92 Å². The Bertz CT molecular complexity index is 1130. The summed E-state index contributed by atoms with van der Waals surface area (Å²) in [7, 11) is 0. The van der Waals surface area contributed by atoms with Gasteiger partial charge in [0, 0.05) is 19.3 Å². The van der Waals surface area contributed by atoms with Crippen molar-refractivity contribution in [1.29, 1.82) is 0 Å². The summed E-state index contributed by atoms with van der Waals surface area (Å²) in [6.45, 7) is 4.95. The molecule has 1 aliphatic rings. The lowest BCUT2D eigenvalue weighted by molar-refractivity contribution is -0.149. The van der Waals surface area contributed by atoms with Crippen molar-refractivity contribution in [2.75, 3.05) is 19.7 Å². The lowest BCUT2D eigenvalue weighted by atomic mass is 9.98. The van der Waals surface area contributed by atoms with E-state index in [0.29, 0.717) is 40.4 Å². The van der Waals surface area contributed by atoms with Crippen LogP contribution < -0.4 is 5.56 Å². The number of thiophene rings is 1. The van der Waals surface area contributed by atoms with Gasteiger partial charge in [0.05, 0.1) is 22.8 Å². The Kier molecular flexibility index (Phi) is 4.89. The zero-order valence-corrected chi connectivity index (χ0v) is 16.6. The number of amides is 1. The van der Waals surface area contributed by atoms with Gasteiger partial charge in [0.1, 0.15) is 10.5 Å². The average Bonchev–Trinajstić information content (AvgIpc) is 3.13. The summed E-state index contributed by atoms with van der Waals surface area (Å²) in [6, 6.07) is 5.33. The fraction of sp³-hybridized carbons (Fsp3) is 0.400. The van der Waals surface area contributed by atoms with E-state index < -0.39 is 0 Å². The average molecular weight is 399 g/mol. The van der Waals surface area contributed by atoms with Crippen molar-refractivity contribution < 1.29 is 14.3 Å². The Hall–Kier alpha value is -2.74. The summed E-state index contributed by atoms with van der Waals surface area (Å²) in [5.74, 6) is -0.707. The largest absolute Gasteiger partial charge is 0.466 e. The van der Waals surface area contributed by atoms with Crippen LogP contribution in [-0.4, -0.2) is 45.9 Å². The van der Waals surface area contributed by atoms with E-state index in [1.165, 1.54) is 15.7 Å². The van der Waals surface area contributed by atoms with Crippen molar-refractivity contribution in [1.82, 2.24) is 14.3 Å². The molecule has 1 amide bonds. The molecule has 0 bridgehead atoms. The molecule has 1 saturated heterocycles. The third kappa shape index (κ3) is 3.17. The van der Waals surface area contributed by atoms with Crippen LogP contribution in [0.3, 0.4) is 0 Å². The number of pyridine rings is 1. The first-order valence-corrected chi connectivity index (χ1v) is 10.2. The summed E-state index contributed by atoms with van der Waals surface area (Å²) >= 11 is 1.22. The smallest absolute Gasteiger partial charge is 0.310 e. The maximum absolute atomic E-state index is 13.0. The van der Waals surface area contributed by atoms with Gasteiger partial charge in [0.25, 0.3) is 11.5 Å². The van der Waals surface area contributed by atoms with Crippen LogP contribution in [0.2, 0.25) is 0 Å². The Morgan fingerprint density at radius 3 is 3.00 bits per heavy atom. The fourth-order valence-electron chi connectivity index (χ4n) is 3.63. The standard InChI is InChI=1S/C20H21N3O4S/c1-3-27-20(26)13-7-5-8-22(11-13)19(25)15-10-14-17(28-15)21-16-12(2)6-4-9-23(16)18(14)24/h4,6,9-10,13H,3,5,7-8,11H2,1-2H3/t13-/m1/s1. The van der Waals surface area contributed by atoms with Crippen LogP contribution >= 0.6 is 11.3 Å². The minimum Gasteiger partial charge on any atom is -0.466 e. The van der Waals surface area contributed by atoms with E-state index in [1.54, 1.807) is 30.2 Å². The molecule has 3 aromatic rings. The van der Waals surface area contributed by atoms with Gasteiger partial charge in [0.15, 0.2) is 0 Å². The van der Waals surface area contributed by atoms with Crippen molar-refractivity contribution in [3.8, 4) is 0 Å². The number of nitrogens with zero attached hydrogens (tertiary/aromatic N) is 3. The van der Waals surface area contributed by atoms with E-state index in [9.17, 15) is 14.4 Å². The molecule has 0 saturated carbocycles. The molecule has 1 atom stereocenters. The van der Waals surface area contributed by atoms with Gasteiger partial charge < -0.3 is 9.64 Å². The molecule has 8 heteroatoms. The summed E-state index contributed by atoms with van der Waals surface area (Å²) in [4.78, 5) is 45.2. The number of rotatable bonds is 3. The third-order valence-electron chi connectivity index (χ3n) is 5.07. The van der Waals surface area contributed by atoms with Crippen molar-refractivity contribution in [3.63, 3.8) is 0 Å². The number of aryl methyl sites for hydroxylation is 1. The lowest BCUT2D eigenvalue weighted by Gasteiger charge is -2.31. The molecule has 4 rings (SSSR count). The number of carbonyl (C=O) groups excluding carboxylic acids is 2. The van der Waals surface area contributed by atoms with E-state index in [-0.39, 0.29) is 23.4 Å². The normalized spacial score (nSPS) is 17.2. The van der Waals surface area contributed by atoms with Crippen LogP contribution in [0, 0.1) is 12.8 Å². The van der Waals surface area contributed by atoms with E-state index in [4.69, 9.17) is 4.74 Å². The maximum Gasteiger partial charge on any atom is 0.310 e. The Labute approximate surface area is 165 Å². The van der Waals surface area contributed by atoms with Crippen LogP contribution in [0.5, 0.6) is 0 Å². The SMILES string of the molecule is CCOC(=O)[C@@H]1CCCN(C(=O)c2cc3c(=O)n4cccc(C)c4nc3s2)C1. The second-order valence-corrected chi connectivity index (χ2v) is 8.00. The van der Waals surface area contributed by atoms with E-state index in [1.807, 2.05) is 13.0 Å². The van der Waals surface area contributed by atoms with Crippen LogP contribution in [0.25, 0.3) is 15.9 Å². The summed E-state index contributed by atoms with van der Waals surface area (Å²) in [6.07, 6.45) is 3.16. The number of aromatic nitrogens is 2. The first kappa shape index (κ1) is 18.6. The quantitative estimate of drug-likeness (QED) is 0.633. The lowest BCUT2D eigenvalue weighted by Crippen LogP contribution is -2.42. The Morgan fingerprint density at radius 1 is 1.39 bits per heavy atom. The molecule has 3 aromatic heterocycles. The van der Waals surface area contributed by atoms with Crippen LogP contribution in [0.15, 0.2) is 29.2 Å². The van der Waals surface area contributed by atoms with E-state index >= 15 is 0 Å². The highest BCUT2D eigenvalue weighted by molar-refractivity contribution is 7.20. The third-order valence-corrected chi connectivity index (χ3v) is 6.09. The molecular formula is C20H21N3O4S. The molecule has 0 N–H and O–H groups in total. The zero-order chi connectivity index (χ0) is 19.8. The number of hydrogen-bond donors (Lipinski definition) is 0. The van der Waals surface area contributed by atoms with Crippen molar-refractivity contribution in [2.45, 2.75) is 26.7 Å². The van der Waals surface area contributed by atoms with E-state index in [2.05, 4.69) is 4.98 Å². The van der Waals surface area contributed by atoms with Crippen molar-refractivity contribution >= 4 is 39.1 Å². The highest BCUT2D eigenvalue weighted by Crippen LogP contribution is 2.26. The van der Waals surface area contributed by atoms with Gasteiger partial charge in [-0.25, -0.2) is 4.98 Å². The van der Waals surface area contributed by atoms with Gasteiger partial charge >= 0.3 is 5.97 Å². The predicted molar refractivity (Wildman–Crippen MR) is 107 cm³/mol. The number of piperidine rings is 1. The van der Waals surface area contributed by atoms with Crippen molar-refractivity contribution in [3.05, 3.63) is 45.2 Å². The van der Waals surface area contributed by atoms with Gasteiger partial charge in [-0.3, -0.25) is 18.8 Å². The monoisotopic (exact) mass is 399 g/mol. The van der Waals surface area contributed by atoms with E-state index in [0.717, 1.165) is 18.4 Å². The first-order chi connectivity index (χ1) is 13.5. The second kappa shape index (κ2) is 7.35. The first-order valence-electron chi connectivity index (χ1n) is 9.37. The highest BCUT2D eigenvalue weighted by atomic mass is 32.1. The number of hydrogen-bond acceptors (Lipinski definition) is 6. The molecule has 146 valence electrons. The number of fused-ring (bicyclic) bond motifs is 2. The summed E-state index contributed by atoms with van der Waals surface area (Å²) in [5, 5.41) is 0.440. The molecule has 4 heterocycles. The molecule has 7 nitrogen and oxygen atoms in total. The summed E-state index contributed by atoms with van der Waals surface area (Å²) < 4.78 is 6.62. The molecule has 1 aliphatic heterocycles. The van der Waals surface area contributed by atoms with Gasteiger partial charge in [0.2, 0.25) is 0 Å². The van der Waals surface area contributed by atoms with Crippen LogP contribution in [0.1, 0.15) is 35.0 Å². The highest BCUT2D eigenvalue weighted by Gasteiger charge is 2.30. The minimum atomic E-state index is -0.291. The molecule has 0 aromatic carbocycles. The number of esters is 1. The van der Waals surface area contributed by atoms with Gasteiger partial charge in [-0.05, 0) is 44.4 Å². The Morgan fingerprint density at radius 2 is 2.21 bits per heavy atom. The summed E-state index contributed by atoms with van der Waals surface area (Å²) in [5.41, 5.74) is 1.32. The molecule has 1 fully saturated rings. The predicted octanol–water partition coefficient (Wildman–Crippen LogP) is 2.63. The molecular weight excluding hydrogens is 378 g/mol. The van der Waals surface area contributed by atoms with Gasteiger partial charge in [-0.2, -0.15) is 0 Å². The molecule has 0 unspecified atom stereocenters. The molecule has 0 spiro atoms. The fourth-order valence-corrected chi connectivity index (χ4v) is 4.62. The maximum atomic E-state index is 13.0. The topological polar surface area (TPSA) is 81.0 Å². The molecule has 28 heavy (non-hydrogen) atoms. The van der Waals surface area contributed by atoms with Crippen LogP contribution in [0.4, 0.5) is 0 Å². The molecule has 0 aliphatic carbocycles.